The van der Waals surface area contributed by atoms with Gasteiger partial charge in [0.25, 0.3) is 5.91 Å². The second-order valence-corrected chi connectivity index (χ2v) is 4.88. The normalized spacial score (nSPS) is 16.9. The molecule has 0 N–H and O–H groups in total. The third-order valence-corrected chi connectivity index (χ3v) is 3.46. The Morgan fingerprint density at radius 3 is 2.72 bits per heavy atom. The van der Waals surface area contributed by atoms with Crippen LogP contribution < -0.4 is 0 Å². The number of ether oxygens (including phenoxy) is 1. The number of aryl methyl sites for hydroxylation is 1. The fourth-order valence-electron chi connectivity index (χ4n) is 2.32. The summed E-state index contributed by atoms with van der Waals surface area (Å²) in [5, 5.41) is 0. The average Bonchev–Trinajstić information content (AvgIpc) is 2.40. The molecule has 18 heavy (non-hydrogen) atoms. The molecule has 1 fully saturated rings. The van der Waals surface area contributed by atoms with Gasteiger partial charge in [-0.3, -0.25) is 9.78 Å². The molecule has 2 rings (SSSR count). The number of hydrogen-bond donors (Lipinski definition) is 0. The summed E-state index contributed by atoms with van der Waals surface area (Å²) in [5.74, 6) is 0.688. The fraction of sp³-hybridized carbons (Fsp3) is 0.571. The second-order valence-electron chi connectivity index (χ2n) is 4.88. The molecule has 1 aliphatic heterocycles. The van der Waals surface area contributed by atoms with Crippen LogP contribution in [0.15, 0.2) is 18.3 Å². The molecule has 1 aliphatic rings. The molecule has 0 unspecified atom stereocenters. The lowest BCUT2D eigenvalue weighted by Crippen LogP contribution is -2.39. The highest BCUT2D eigenvalue weighted by Gasteiger charge is 2.23. The highest BCUT2D eigenvalue weighted by atomic mass is 16.5. The van der Waals surface area contributed by atoms with E-state index in [-0.39, 0.29) is 5.91 Å². The van der Waals surface area contributed by atoms with Crippen molar-refractivity contribution in [3.05, 3.63) is 29.6 Å². The Morgan fingerprint density at radius 2 is 2.17 bits per heavy atom. The molecule has 0 atom stereocenters. The molecule has 1 amide bonds. The molecular formula is C14H20N2O2. The van der Waals surface area contributed by atoms with Gasteiger partial charge in [0.2, 0.25) is 0 Å². The third-order valence-electron chi connectivity index (χ3n) is 3.46. The van der Waals surface area contributed by atoms with Gasteiger partial charge in [0, 0.05) is 38.7 Å². The quantitative estimate of drug-likeness (QED) is 0.820. The summed E-state index contributed by atoms with van der Waals surface area (Å²) >= 11 is 0. The van der Waals surface area contributed by atoms with Crippen LogP contribution in [0.4, 0.5) is 0 Å². The van der Waals surface area contributed by atoms with Gasteiger partial charge < -0.3 is 9.64 Å². The smallest absolute Gasteiger partial charge is 0.255 e. The van der Waals surface area contributed by atoms with Crippen LogP contribution in [-0.4, -0.2) is 42.6 Å². The van der Waals surface area contributed by atoms with Gasteiger partial charge in [0.1, 0.15) is 0 Å². The van der Waals surface area contributed by atoms with Crippen LogP contribution in [0.3, 0.4) is 0 Å². The maximum absolute atomic E-state index is 12.2. The zero-order valence-corrected chi connectivity index (χ0v) is 11.1. The number of aromatic nitrogens is 1. The predicted molar refractivity (Wildman–Crippen MR) is 69.5 cm³/mol. The number of pyridine rings is 1. The van der Waals surface area contributed by atoms with Crippen molar-refractivity contribution in [3.63, 3.8) is 0 Å². The number of rotatable bonds is 3. The van der Waals surface area contributed by atoms with E-state index >= 15 is 0 Å². The van der Waals surface area contributed by atoms with Crippen molar-refractivity contribution < 1.29 is 9.53 Å². The zero-order valence-electron chi connectivity index (χ0n) is 11.1. The van der Waals surface area contributed by atoms with E-state index in [4.69, 9.17) is 4.74 Å². The number of carbonyl (C=O) groups excluding carboxylic acids is 1. The Hall–Kier alpha value is -1.42. The number of hydrogen-bond acceptors (Lipinski definition) is 3. The van der Waals surface area contributed by atoms with Crippen molar-refractivity contribution in [1.82, 2.24) is 9.88 Å². The van der Waals surface area contributed by atoms with Crippen LogP contribution in [0.5, 0.6) is 0 Å². The van der Waals surface area contributed by atoms with Gasteiger partial charge in [0.15, 0.2) is 0 Å². The molecule has 4 heteroatoms. The standard InChI is InChI=1S/C14H20N2O2/c1-11-3-4-13(9-15-11)14(17)16-7-5-12(6-8-16)10-18-2/h3-4,9,12H,5-8,10H2,1-2H3. The number of carbonyl (C=O) groups is 1. The average molecular weight is 248 g/mol. The SMILES string of the molecule is COCC1CCN(C(=O)c2ccc(C)nc2)CC1. The summed E-state index contributed by atoms with van der Waals surface area (Å²) in [6, 6.07) is 3.73. The fourth-order valence-corrected chi connectivity index (χ4v) is 2.32. The maximum Gasteiger partial charge on any atom is 0.255 e. The Bertz CT molecular complexity index is 395. The van der Waals surface area contributed by atoms with Crippen LogP contribution in [0.1, 0.15) is 28.9 Å². The summed E-state index contributed by atoms with van der Waals surface area (Å²) in [6.45, 7) is 4.36. The molecule has 98 valence electrons. The van der Waals surface area contributed by atoms with Crippen LogP contribution in [0, 0.1) is 12.8 Å². The largest absolute Gasteiger partial charge is 0.384 e. The molecule has 0 saturated carbocycles. The lowest BCUT2D eigenvalue weighted by molar-refractivity contribution is 0.0613. The van der Waals surface area contributed by atoms with Crippen molar-refractivity contribution in [3.8, 4) is 0 Å². The summed E-state index contributed by atoms with van der Waals surface area (Å²) in [5.41, 5.74) is 1.62. The van der Waals surface area contributed by atoms with Gasteiger partial charge in [-0.05, 0) is 37.8 Å². The van der Waals surface area contributed by atoms with E-state index in [0.29, 0.717) is 11.5 Å². The van der Waals surface area contributed by atoms with Gasteiger partial charge in [0.05, 0.1) is 5.56 Å². The molecule has 0 aliphatic carbocycles. The lowest BCUT2D eigenvalue weighted by atomic mass is 9.97. The first-order chi connectivity index (χ1) is 8.70. The summed E-state index contributed by atoms with van der Waals surface area (Å²) in [7, 11) is 1.73. The Kier molecular flexibility index (Phi) is 4.31. The van der Waals surface area contributed by atoms with Crippen LogP contribution in [-0.2, 0) is 4.74 Å². The van der Waals surface area contributed by atoms with Crippen LogP contribution in [0.25, 0.3) is 0 Å². The van der Waals surface area contributed by atoms with E-state index in [1.165, 1.54) is 0 Å². The molecule has 0 radical (unpaired) electrons. The summed E-state index contributed by atoms with van der Waals surface area (Å²) < 4.78 is 5.16. The highest BCUT2D eigenvalue weighted by Crippen LogP contribution is 2.19. The van der Waals surface area contributed by atoms with E-state index in [9.17, 15) is 4.79 Å². The summed E-state index contributed by atoms with van der Waals surface area (Å²) in [6.07, 6.45) is 3.72. The molecule has 1 aromatic rings. The second kappa shape index (κ2) is 5.96. The highest BCUT2D eigenvalue weighted by molar-refractivity contribution is 5.93. The number of nitrogens with zero attached hydrogens (tertiary/aromatic N) is 2. The lowest BCUT2D eigenvalue weighted by Gasteiger charge is -2.31. The number of likely N-dealkylation sites (tertiary alicyclic amines) is 1. The molecule has 2 heterocycles. The molecule has 4 nitrogen and oxygen atoms in total. The van der Waals surface area contributed by atoms with E-state index < -0.39 is 0 Å². The minimum Gasteiger partial charge on any atom is -0.384 e. The first-order valence-electron chi connectivity index (χ1n) is 6.41. The van der Waals surface area contributed by atoms with Crippen LogP contribution in [0.2, 0.25) is 0 Å². The van der Waals surface area contributed by atoms with Crippen molar-refractivity contribution in [2.45, 2.75) is 19.8 Å². The molecule has 1 saturated heterocycles. The first-order valence-corrected chi connectivity index (χ1v) is 6.41. The van der Waals surface area contributed by atoms with Crippen molar-refractivity contribution in [2.75, 3.05) is 26.8 Å². The van der Waals surface area contributed by atoms with Crippen molar-refractivity contribution in [1.29, 1.82) is 0 Å². The monoisotopic (exact) mass is 248 g/mol. The van der Waals surface area contributed by atoms with Crippen molar-refractivity contribution in [2.24, 2.45) is 5.92 Å². The molecule has 0 aromatic carbocycles. The zero-order chi connectivity index (χ0) is 13.0. The molecule has 1 aromatic heterocycles. The van der Waals surface area contributed by atoms with Gasteiger partial charge in [-0.1, -0.05) is 0 Å². The van der Waals surface area contributed by atoms with E-state index in [1.54, 1.807) is 13.3 Å². The van der Waals surface area contributed by atoms with E-state index in [1.807, 2.05) is 24.0 Å². The molecular weight excluding hydrogens is 228 g/mol. The van der Waals surface area contributed by atoms with Gasteiger partial charge in [-0.25, -0.2) is 0 Å². The van der Waals surface area contributed by atoms with Gasteiger partial charge >= 0.3 is 0 Å². The Morgan fingerprint density at radius 1 is 1.44 bits per heavy atom. The third kappa shape index (κ3) is 3.07. The van der Waals surface area contributed by atoms with E-state index in [0.717, 1.165) is 38.2 Å². The van der Waals surface area contributed by atoms with Gasteiger partial charge in [-0.15, -0.1) is 0 Å². The Balaban J connectivity index is 1.93. The predicted octanol–water partition coefficient (Wildman–Crippen LogP) is 1.89. The minimum atomic E-state index is 0.0957. The first kappa shape index (κ1) is 13.0. The summed E-state index contributed by atoms with van der Waals surface area (Å²) in [4.78, 5) is 18.3. The van der Waals surface area contributed by atoms with E-state index in [2.05, 4.69) is 4.98 Å². The Labute approximate surface area is 108 Å². The molecule has 0 spiro atoms. The van der Waals surface area contributed by atoms with Gasteiger partial charge in [-0.2, -0.15) is 0 Å². The molecule has 0 bridgehead atoms. The topological polar surface area (TPSA) is 42.4 Å². The number of amides is 1. The minimum absolute atomic E-state index is 0.0957. The maximum atomic E-state index is 12.2. The van der Waals surface area contributed by atoms with Crippen molar-refractivity contribution >= 4 is 5.91 Å². The van der Waals surface area contributed by atoms with Crippen LogP contribution >= 0.6 is 0 Å². The number of methoxy groups -OCH3 is 1. The number of piperidine rings is 1.